The molecule has 5 heteroatoms. The molecule has 1 fully saturated rings. The smallest absolute Gasteiger partial charge is 0.111 e. The molecule has 0 aliphatic carbocycles. The van der Waals surface area contributed by atoms with Crippen LogP contribution >= 0.6 is 0 Å². The summed E-state index contributed by atoms with van der Waals surface area (Å²) < 4.78 is 5.42. The Labute approximate surface area is 102 Å². The molecule has 1 saturated heterocycles. The third-order valence-electron chi connectivity index (χ3n) is 3.63. The average molecular weight is 248 g/mol. The fourth-order valence-corrected chi connectivity index (χ4v) is 2.07. The van der Waals surface area contributed by atoms with Gasteiger partial charge in [0.2, 0.25) is 0 Å². The summed E-state index contributed by atoms with van der Waals surface area (Å²) in [6.07, 6.45) is -2.32. The van der Waals surface area contributed by atoms with Crippen LogP contribution in [0.25, 0.3) is 0 Å². The third kappa shape index (κ3) is 3.63. The van der Waals surface area contributed by atoms with E-state index in [2.05, 4.69) is 13.8 Å². The Morgan fingerprint density at radius 3 is 2.18 bits per heavy atom. The number of hydrogen-bond donors (Lipinski definition) is 4. The molecule has 102 valence electrons. The number of aliphatic hydroxyl groups is 4. The molecule has 17 heavy (non-hydrogen) atoms. The summed E-state index contributed by atoms with van der Waals surface area (Å²) in [7, 11) is 0. The molecule has 1 aliphatic heterocycles. The van der Waals surface area contributed by atoms with Crippen molar-refractivity contribution < 1.29 is 25.2 Å². The maximum atomic E-state index is 9.79. The van der Waals surface area contributed by atoms with E-state index in [0.29, 0.717) is 12.3 Å². The lowest BCUT2D eigenvalue weighted by molar-refractivity contribution is -0.230. The predicted molar refractivity (Wildman–Crippen MR) is 62.5 cm³/mol. The molecule has 0 radical (unpaired) electrons. The summed E-state index contributed by atoms with van der Waals surface area (Å²) in [5, 5.41) is 38.0. The second-order valence-electron chi connectivity index (χ2n) is 4.96. The minimum Gasteiger partial charge on any atom is -0.394 e. The van der Waals surface area contributed by atoms with Gasteiger partial charge in [0, 0.05) is 0 Å². The van der Waals surface area contributed by atoms with Crippen LogP contribution in [0, 0.1) is 5.92 Å². The van der Waals surface area contributed by atoms with Crippen molar-refractivity contribution in [2.75, 3.05) is 6.61 Å². The van der Waals surface area contributed by atoms with Gasteiger partial charge in [0.25, 0.3) is 0 Å². The van der Waals surface area contributed by atoms with Gasteiger partial charge in [0.05, 0.1) is 12.7 Å². The molecule has 1 rings (SSSR count). The highest BCUT2D eigenvalue weighted by Crippen LogP contribution is 2.25. The van der Waals surface area contributed by atoms with Crippen LogP contribution in [0.4, 0.5) is 0 Å². The Bertz CT molecular complexity index is 221. The lowest BCUT2D eigenvalue weighted by atomic mass is 9.90. The molecule has 0 saturated carbocycles. The molecule has 2 unspecified atom stereocenters. The topological polar surface area (TPSA) is 90.2 Å². The van der Waals surface area contributed by atoms with Crippen molar-refractivity contribution in [1.82, 2.24) is 0 Å². The van der Waals surface area contributed by atoms with Gasteiger partial charge in [-0.2, -0.15) is 0 Å². The highest BCUT2D eigenvalue weighted by Gasteiger charge is 2.42. The minimum atomic E-state index is -1.25. The largest absolute Gasteiger partial charge is 0.394 e. The van der Waals surface area contributed by atoms with Gasteiger partial charge in [-0.15, -0.1) is 0 Å². The molecule has 6 atom stereocenters. The van der Waals surface area contributed by atoms with Gasteiger partial charge in [0.15, 0.2) is 0 Å². The molecule has 0 spiro atoms. The van der Waals surface area contributed by atoms with Crippen LogP contribution in [-0.4, -0.2) is 57.6 Å². The fourth-order valence-electron chi connectivity index (χ4n) is 2.07. The maximum Gasteiger partial charge on any atom is 0.111 e. The van der Waals surface area contributed by atoms with Crippen LogP contribution in [0.3, 0.4) is 0 Å². The van der Waals surface area contributed by atoms with Crippen LogP contribution in [-0.2, 0) is 4.74 Å². The van der Waals surface area contributed by atoms with Gasteiger partial charge in [-0.3, -0.25) is 0 Å². The number of rotatable bonds is 5. The Kier molecular flexibility index (Phi) is 5.82. The molecule has 0 amide bonds. The number of aliphatic hydroxyl groups excluding tert-OH is 4. The van der Waals surface area contributed by atoms with Crippen molar-refractivity contribution in [3.8, 4) is 0 Å². The van der Waals surface area contributed by atoms with E-state index in [0.717, 1.165) is 12.8 Å². The van der Waals surface area contributed by atoms with Crippen molar-refractivity contribution in [2.45, 2.75) is 63.6 Å². The molecule has 0 aromatic carbocycles. The van der Waals surface area contributed by atoms with Crippen LogP contribution in [0.1, 0.15) is 33.1 Å². The van der Waals surface area contributed by atoms with Crippen molar-refractivity contribution in [1.29, 1.82) is 0 Å². The molecule has 0 aromatic heterocycles. The molecule has 1 heterocycles. The van der Waals surface area contributed by atoms with E-state index in [1.807, 2.05) is 0 Å². The molecule has 4 N–H and O–H groups in total. The van der Waals surface area contributed by atoms with Gasteiger partial charge in [-0.1, -0.05) is 20.3 Å². The zero-order valence-corrected chi connectivity index (χ0v) is 10.5. The second-order valence-corrected chi connectivity index (χ2v) is 4.96. The lowest BCUT2D eigenvalue weighted by Crippen LogP contribution is -2.58. The minimum absolute atomic E-state index is 0.356. The molecular weight excluding hydrogens is 224 g/mol. The van der Waals surface area contributed by atoms with Crippen molar-refractivity contribution >= 4 is 0 Å². The van der Waals surface area contributed by atoms with E-state index in [4.69, 9.17) is 9.84 Å². The van der Waals surface area contributed by atoms with Gasteiger partial charge < -0.3 is 25.2 Å². The second kappa shape index (κ2) is 6.66. The molecule has 1 aliphatic rings. The van der Waals surface area contributed by atoms with Crippen molar-refractivity contribution in [3.63, 3.8) is 0 Å². The summed E-state index contributed by atoms with van der Waals surface area (Å²) in [4.78, 5) is 0. The Balaban J connectivity index is 2.53. The molecule has 0 bridgehead atoms. The van der Waals surface area contributed by atoms with E-state index in [9.17, 15) is 15.3 Å². The predicted octanol–water partition coefficient (Wildman–Crippen LogP) is -0.345. The first kappa shape index (κ1) is 14.9. The third-order valence-corrected chi connectivity index (χ3v) is 3.63. The SMILES string of the molecule is CCC(C)CCC1O[C@H](CO)[C@H](O)[C@H](O)[C@H]1O. The molecule has 0 aromatic rings. The van der Waals surface area contributed by atoms with Gasteiger partial charge in [-0.05, 0) is 18.8 Å². The number of ether oxygens (including phenoxy) is 1. The normalized spacial score (nSPS) is 40.2. The van der Waals surface area contributed by atoms with Crippen LogP contribution in [0.5, 0.6) is 0 Å². The van der Waals surface area contributed by atoms with E-state index < -0.39 is 30.5 Å². The van der Waals surface area contributed by atoms with Crippen LogP contribution in [0.2, 0.25) is 0 Å². The molecular formula is C12H24O5. The van der Waals surface area contributed by atoms with E-state index >= 15 is 0 Å². The fraction of sp³-hybridized carbons (Fsp3) is 1.00. The highest BCUT2D eigenvalue weighted by atomic mass is 16.5. The zero-order valence-electron chi connectivity index (χ0n) is 10.5. The Morgan fingerprint density at radius 1 is 1.06 bits per heavy atom. The first-order chi connectivity index (χ1) is 8.01. The van der Waals surface area contributed by atoms with E-state index in [-0.39, 0.29) is 6.61 Å². The van der Waals surface area contributed by atoms with Crippen molar-refractivity contribution in [2.24, 2.45) is 5.92 Å². The monoisotopic (exact) mass is 248 g/mol. The summed E-state index contributed by atoms with van der Waals surface area (Å²) in [6, 6.07) is 0. The summed E-state index contributed by atoms with van der Waals surface area (Å²) in [5.74, 6) is 0.530. The van der Waals surface area contributed by atoms with Gasteiger partial charge in [-0.25, -0.2) is 0 Å². The Hall–Kier alpha value is -0.200. The standard InChI is InChI=1S/C12H24O5/c1-3-7(2)4-5-8-10(14)12(16)11(15)9(6-13)17-8/h7-16H,3-6H2,1-2H3/t7?,8?,9-,10+,11+,12-/m1/s1. The summed E-state index contributed by atoms with van der Waals surface area (Å²) >= 11 is 0. The summed E-state index contributed by atoms with van der Waals surface area (Å²) in [5.41, 5.74) is 0. The van der Waals surface area contributed by atoms with Crippen molar-refractivity contribution in [3.05, 3.63) is 0 Å². The number of hydrogen-bond acceptors (Lipinski definition) is 5. The highest BCUT2D eigenvalue weighted by molar-refractivity contribution is 4.91. The summed E-state index contributed by atoms with van der Waals surface area (Å²) in [6.45, 7) is 3.85. The first-order valence-corrected chi connectivity index (χ1v) is 6.31. The maximum absolute atomic E-state index is 9.79. The van der Waals surface area contributed by atoms with E-state index in [1.165, 1.54) is 0 Å². The Morgan fingerprint density at radius 2 is 1.65 bits per heavy atom. The van der Waals surface area contributed by atoms with Gasteiger partial charge >= 0.3 is 0 Å². The zero-order chi connectivity index (χ0) is 13.0. The average Bonchev–Trinajstić information content (AvgIpc) is 2.34. The lowest BCUT2D eigenvalue weighted by Gasteiger charge is -2.40. The van der Waals surface area contributed by atoms with Gasteiger partial charge in [0.1, 0.15) is 24.4 Å². The van der Waals surface area contributed by atoms with Crippen LogP contribution < -0.4 is 0 Å². The quantitative estimate of drug-likeness (QED) is 0.534. The van der Waals surface area contributed by atoms with E-state index in [1.54, 1.807) is 0 Å². The first-order valence-electron chi connectivity index (χ1n) is 6.31. The molecule has 5 nitrogen and oxygen atoms in total. The van der Waals surface area contributed by atoms with Crippen LogP contribution in [0.15, 0.2) is 0 Å².